The van der Waals surface area contributed by atoms with Gasteiger partial charge < -0.3 is 15.5 Å². The van der Waals surface area contributed by atoms with E-state index in [1.54, 1.807) is 0 Å². The Morgan fingerprint density at radius 2 is 1.40 bits per heavy atom. The third kappa shape index (κ3) is 6.01. The molecule has 2 fully saturated rings. The molecule has 4 rings (SSSR count). The lowest BCUT2D eigenvalue weighted by molar-refractivity contribution is -0.121. The summed E-state index contributed by atoms with van der Waals surface area (Å²) in [4.78, 5) is 39.3. The van der Waals surface area contributed by atoms with E-state index in [2.05, 4.69) is 10.6 Å². The summed E-state index contributed by atoms with van der Waals surface area (Å²) in [6, 6.07) is 6.85. The lowest BCUT2D eigenvalue weighted by atomic mass is 9.88. The molecule has 1 heterocycles. The number of halogens is 3. The highest BCUT2D eigenvalue weighted by molar-refractivity contribution is 5.97. The van der Waals surface area contributed by atoms with Crippen molar-refractivity contribution >= 4 is 29.1 Å². The molecular weight excluding hydrogens is 459 g/mol. The van der Waals surface area contributed by atoms with E-state index in [0.29, 0.717) is 24.6 Å². The molecule has 3 amide bonds. The van der Waals surface area contributed by atoms with Crippen molar-refractivity contribution in [3.63, 3.8) is 0 Å². The Bertz CT molecular complexity index is 1110. The lowest BCUT2D eigenvalue weighted by Gasteiger charge is -2.31. The molecule has 2 N–H and O–H groups in total. The molecule has 0 spiro atoms. The number of likely N-dealkylation sites (tertiary alicyclic amines) is 1. The molecule has 0 radical (unpaired) electrons. The van der Waals surface area contributed by atoms with Gasteiger partial charge in [0.15, 0.2) is 0 Å². The van der Waals surface area contributed by atoms with Crippen molar-refractivity contribution in [2.45, 2.75) is 44.9 Å². The largest absolute Gasteiger partial charge is 0.339 e. The fraction of sp³-hybridized carbons (Fsp3) is 0.423. The molecule has 1 aliphatic carbocycles. The van der Waals surface area contributed by atoms with Crippen molar-refractivity contribution in [3.8, 4) is 0 Å². The van der Waals surface area contributed by atoms with Gasteiger partial charge in [0.2, 0.25) is 11.8 Å². The molecule has 9 heteroatoms. The van der Waals surface area contributed by atoms with Gasteiger partial charge in [0.25, 0.3) is 5.91 Å². The minimum absolute atomic E-state index is 0.0279. The van der Waals surface area contributed by atoms with Crippen molar-refractivity contribution in [2.24, 2.45) is 11.8 Å². The van der Waals surface area contributed by atoms with Crippen molar-refractivity contribution in [2.75, 3.05) is 23.7 Å². The van der Waals surface area contributed by atoms with Gasteiger partial charge in [-0.15, -0.1) is 0 Å². The average Bonchev–Trinajstić information content (AvgIpc) is 2.86. The van der Waals surface area contributed by atoms with E-state index in [1.807, 2.05) is 0 Å². The molecule has 35 heavy (non-hydrogen) atoms. The standard InChI is InChI=1S/C26H28F3N3O3/c27-18-6-8-20(22(29)14-18)26(35)32-12-10-17(11-13-32)24(33)30-19-7-9-21(28)23(15-19)31-25(34)16-4-2-1-3-5-16/h6-9,14-17H,1-5,10-13H2,(H,30,33)(H,31,34). The zero-order valence-electron chi connectivity index (χ0n) is 19.3. The first kappa shape index (κ1) is 24.8. The van der Waals surface area contributed by atoms with Crippen LogP contribution >= 0.6 is 0 Å². The third-order valence-electron chi connectivity index (χ3n) is 6.78. The maximum absolute atomic E-state index is 14.3. The fourth-order valence-electron chi connectivity index (χ4n) is 4.72. The number of hydrogen-bond acceptors (Lipinski definition) is 3. The number of hydrogen-bond donors (Lipinski definition) is 2. The van der Waals surface area contributed by atoms with Gasteiger partial charge in [-0.2, -0.15) is 0 Å². The van der Waals surface area contributed by atoms with Crippen molar-refractivity contribution < 1.29 is 27.6 Å². The summed E-state index contributed by atoms with van der Waals surface area (Å²) in [6.45, 7) is 0.500. The Morgan fingerprint density at radius 3 is 2.09 bits per heavy atom. The van der Waals surface area contributed by atoms with Crippen LogP contribution in [0.15, 0.2) is 36.4 Å². The molecule has 0 unspecified atom stereocenters. The van der Waals surface area contributed by atoms with E-state index >= 15 is 0 Å². The Morgan fingerprint density at radius 1 is 0.743 bits per heavy atom. The molecule has 2 aromatic rings. The summed E-state index contributed by atoms with van der Waals surface area (Å²) in [6.07, 6.45) is 5.40. The van der Waals surface area contributed by atoms with Gasteiger partial charge in [-0.1, -0.05) is 19.3 Å². The zero-order chi connectivity index (χ0) is 24.9. The molecule has 2 aromatic carbocycles. The number of benzene rings is 2. The number of anilines is 2. The lowest BCUT2D eigenvalue weighted by Crippen LogP contribution is -2.41. The molecule has 0 bridgehead atoms. The first-order valence-corrected chi connectivity index (χ1v) is 12.0. The quantitative estimate of drug-likeness (QED) is 0.615. The summed E-state index contributed by atoms with van der Waals surface area (Å²) in [5, 5.41) is 5.41. The van der Waals surface area contributed by atoms with E-state index in [-0.39, 0.29) is 48.0 Å². The normalized spacial score (nSPS) is 17.2. The van der Waals surface area contributed by atoms with Crippen LogP contribution in [0.3, 0.4) is 0 Å². The van der Waals surface area contributed by atoms with Crippen LogP contribution < -0.4 is 10.6 Å². The first-order valence-electron chi connectivity index (χ1n) is 12.0. The van der Waals surface area contributed by atoms with E-state index < -0.39 is 23.4 Å². The smallest absolute Gasteiger partial charge is 0.256 e. The second-order valence-electron chi connectivity index (χ2n) is 9.20. The highest BCUT2D eigenvalue weighted by Gasteiger charge is 2.29. The SMILES string of the molecule is O=C(Nc1ccc(F)c(NC(=O)C2CCCCC2)c1)C1CCN(C(=O)c2ccc(F)cc2F)CC1. The van der Waals surface area contributed by atoms with Crippen LogP contribution in [0.4, 0.5) is 24.5 Å². The van der Waals surface area contributed by atoms with Crippen LogP contribution in [-0.4, -0.2) is 35.7 Å². The topological polar surface area (TPSA) is 78.5 Å². The maximum atomic E-state index is 14.3. The van der Waals surface area contributed by atoms with E-state index in [9.17, 15) is 27.6 Å². The zero-order valence-corrected chi connectivity index (χ0v) is 19.3. The summed E-state index contributed by atoms with van der Waals surface area (Å²) in [5.74, 6) is -3.79. The highest BCUT2D eigenvalue weighted by Crippen LogP contribution is 2.27. The van der Waals surface area contributed by atoms with E-state index in [0.717, 1.165) is 44.2 Å². The van der Waals surface area contributed by atoms with Crippen LogP contribution in [0.2, 0.25) is 0 Å². The fourth-order valence-corrected chi connectivity index (χ4v) is 4.72. The molecule has 186 valence electrons. The van der Waals surface area contributed by atoms with Crippen LogP contribution in [0.1, 0.15) is 55.3 Å². The van der Waals surface area contributed by atoms with Gasteiger partial charge >= 0.3 is 0 Å². The minimum atomic E-state index is -0.919. The van der Waals surface area contributed by atoms with Crippen molar-refractivity contribution in [1.29, 1.82) is 0 Å². The predicted octanol–water partition coefficient (Wildman–Crippen LogP) is 5.11. The van der Waals surface area contributed by atoms with E-state index in [4.69, 9.17) is 0 Å². The summed E-state index contributed by atoms with van der Waals surface area (Å²) >= 11 is 0. The summed E-state index contributed by atoms with van der Waals surface area (Å²) < 4.78 is 41.3. The van der Waals surface area contributed by atoms with Gasteiger partial charge in [-0.3, -0.25) is 14.4 Å². The molecule has 1 saturated heterocycles. The molecule has 1 saturated carbocycles. The number of carbonyl (C=O) groups excluding carboxylic acids is 3. The van der Waals surface area contributed by atoms with E-state index in [1.165, 1.54) is 23.1 Å². The second kappa shape index (κ2) is 10.9. The first-order chi connectivity index (χ1) is 16.8. The predicted molar refractivity (Wildman–Crippen MR) is 125 cm³/mol. The van der Waals surface area contributed by atoms with Crippen LogP contribution in [0.25, 0.3) is 0 Å². The number of amides is 3. The Labute approximate surface area is 201 Å². The summed E-state index contributed by atoms with van der Waals surface area (Å²) in [5.41, 5.74) is 0.186. The van der Waals surface area contributed by atoms with Gasteiger partial charge in [0.05, 0.1) is 11.3 Å². The summed E-state index contributed by atoms with van der Waals surface area (Å²) in [7, 11) is 0. The van der Waals surface area contributed by atoms with Crippen molar-refractivity contribution in [3.05, 3.63) is 59.4 Å². The number of piperidine rings is 1. The van der Waals surface area contributed by atoms with Crippen LogP contribution in [-0.2, 0) is 9.59 Å². The molecule has 0 aromatic heterocycles. The average molecular weight is 488 g/mol. The van der Waals surface area contributed by atoms with Gasteiger partial charge in [-0.05, 0) is 56.0 Å². The van der Waals surface area contributed by atoms with Gasteiger partial charge in [0, 0.05) is 36.7 Å². The Hall–Kier alpha value is -3.36. The molecule has 0 atom stereocenters. The number of rotatable bonds is 5. The number of nitrogens with one attached hydrogen (secondary N) is 2. The molecule has 2 aliphatic rings. The Kier molecular flexibility index (Phi) is 7.73. The monoisotopic (exact) mass is 487 g/mol. The van der Waals surface area contributed by atoms with Crippen LogP contribution in [0, 0.1) is 29.3 Å². The Balaban J connectivity index is 1.32. The highest BCUT2D eigenvalue weighted by atomic mass is 19.1. The molecule has 1 aliphatic heterocycles. The van der Waals surface area contributed by atoms with Gasteiger partial charge in [0.1, 0.15) is 17.5 Å². The number of carbonyl (C=O) groups is 3. The molecule has 6 nitrogen and oxygen atoms in total. The minimum Gasteiger partial charge on any atom is -0.339 e. The number of nitrogens with zero attached hydrogens (tertiary/aromatic N) is 1. The van der Waals surface area contributed by atoms with Gasteiger partial charge in [-0.25, -0.2) is 13.2 Å². The third-order valence-corrected chi connectivity index (χ3v) is 6.78. The van der Waals surface area contributed by atoms with Crippen LogP contribution in [0.5, 0.6) is 0 Å². The molecular formula is C26H28F3N3O3. The maximum Gasteiger partial charge on any atom is 0.256 e. The van der Waals surface area contributed by atoms with Crippen molar-refractivity contribution in [1.82, 2.24) is 4.90 Å². The second-order valence-corrected chi connectivity index (χ2v) is 9.20.